The van der Waals surface area contributed by atoms with Gasteiger partial charge in [0.15, 0.2) is 5.78 Å². The fourth-order valence-electron chi connectivity index (χ4n) is 2.68. The standard InChI is InChI=1S/C17H21NO4/c1-22-17(21)14-9-11-18(12-10-14)16(20)8-7-15(19)13-5-3-2-4-6-13/h2-6,14H,7-12H2,1H3. The Bertz CT molecular complexity index is 533. The molecule has 2 rings (SSSR count). The molecule has 118 valence electrons. The average Bonchev–Trinajstić information content (AvgIpc) is 2.59. The van der Waals surface area contributed by atoms with Crippen molar-refractivity contribution in [2.75, 3.05) is 20.2 Å². The van der Waals surface area contributed by atoms with Gasteiger partial charge >= 0.3 is 5.97 Å². The Morgan fingerprint density at radius 1 is 1.09 bits per heavy atom. The summed E-state index contributed by atoms with van der Waals surface area (Å²) < 4.78 is 4.73. The largest absolute Gasteiger partial charge is 0.469 e. The summed E-state index contributed by atoms with van der Waals surface area (Å²) in [4.78, 5) is 37.3. The minimum atomic E-state index is -0.202. The molecule has 1 aliphatic heterocycles. The number of hydrogen-bond acceptors (Lipinski definition) is 4. The van der Waals surface area contributed by atoms with E-state index in [2.05, 4.69) is 0 Å². The molecule has 0 radical (unpaired) electrons. The van der Waals surface area contributed by atoms with Gasteiger partial charge in [-0.2, -0.15) is 0 Å². The predicted molar refractivity (Wildman–Crippen MR) is 81.3 cm³/mol. The second kappa shape index (κ2) is 7.73. The molecular weight excluding hydrogens is 282 g/mol. The van der Waals surface area contributed by atoms with Crippen LogP contribution in [0.4, 0.5) is 0 Å². The lowest BCUT2D eigenvalue weighted by atomic mass is 9.96. The number of carbonyl (C=O) groups excluding carboxylic acids is 3. The summed E-state index contributed by atoms with van der Waals surface area (Å²) in [5.41, 5.74) is 0.639. The van der Waals surface area contributed by atoms with Gasteiger partial charge in [-0.3, -0.25) is 14.4 Å². The van der Waals surface area contributed by atoms with Crippen molar-refractivity contribution in [3.05, 3.63) is 35.9 Å². The number of methoxy groups -OCH3 is 1. The maximum Gasteiger partial charge on any atom is 0.308 e. The summed E-state index contributed by atoms with van der Waals surface area (Å²) in [5, 5.41) is 0. The second-order valence-electron chi connectivity index (χ2n) is 5.47. The third kappa shape index (κ3) is 4.16. The number of carbonyl (C=O) groups is 3. The first-order valence-electron chi connectivity index (χ1n) is 7.55. The van der Waals surface area contributed by atoms with Crippen LogP contribution in [-0.4, -0.2) is 42.8 Å². The van der Waals surface area contributed by atoms with Gasteiger partial charge in [0.2, 0.25) is 5.91 Å². The zero-order chi connectivity index (χ0) is 15.9. The zero-order valence-electron chi connectivity index (χ0n) is 12.8. The van der Waals surface area contributed by atoms with Crippen LogP contribution in [0.15, 0.2) is 30.3 Å². The van der Waals surface area contributed by atoms with Crippen molar-refractivity contribution < 1.29 is 19.1 Å². The number of likely N-dealkylation sites (tertiary alicyclic amines) is 1. The van der Waals surface area contributed by atoms with E-state index >= 15 is 0 Å². The zero-order valence-corrected chi connectivity index (χ0v) is 12.8. The van der Waals surface area contributed by atoms with Crippen molar-refractivity contribution in [2.45, 2.75) is 25.7 Å². The van der Waals surface area contributed by atoms with E-state index in [0.717, 1.165) is 0 Å². The second-order valence-corrected chi connectivity index (χ2v) is 5.47. The van der Waals surface area contributed by atoms with E-state index in [1.165, 1.54) is 7.11 Å². The minimum absolute atomic E-state index is 0.0154. The number of Topliss-reactive ketones (excluding diaryl/α,β-unsaturated/α-hetero) is 1. The molecule has 1 heterocycles. The summed E-state index contributed by atoms with van der Waals surface area (Å²) in [7, 11) is 1.38. The van der Waals surface area contributed by atoms with E-state index in [9.17, 15) is 14.4 Å². The van der Waals surface area contributed by atoms with Gasteiger partial charge in [-0.15, -0.1) is 0 Å². The number of hydrogen-bond donors (Lipinski definition) is 0. The number of nitrogens with zero attached hydrogens (tertiary/aromatic N) is 1. The number of piperidine rings is 1. The van der Waals surface area contributed by atoms with Crippen molar-refractivity contribution >= 4 is 17.7 Å². The molecule has 0 atom stereocenters. The van der Waals surface area contributed by atoms with Crippen molar-refractivity contribution in [3.63, 3.8) is 0 Å². The molecule has 0 aliphatic carbocycles. The molecule has 1 aromatic rings. The number of rotatable bonds is 5. The summed E-state index contributed by atoms with van der Waals surface area (Å²) in [6, 6.07) is 9.00. The first-order chi connectivity index (χ1) is 10.6. The van der Waals surface area contributed by atoms with Crippen molar-refractivity contribution in [2.24, 2.45) is 5.92 Å². The minimum Gasteiger partial charge on any atom is -0.469 e. The van der Waals surface area contributed by atoms with E-state index in [1.54, 1.807) is 17.0 Å². The quantitative estimate of drug-likeness (QED) is 0.617. The van der Waals surface area contributed by atoms with Crippen molar-refractivity contribution in [1.82, 2.24) is 4.90 Å². The first-order valence-corrected chi connectivity index (χ1v) is 7.55. The van der Waals surface area contributed by atoms with Crippen LogP contribution >= 0.6 is 0 Å². The fraction of sp³-hybridized carbons (Fsp3) is 0.471. The van der Waals surface area contributed by atoms with E-state index in [1.807, 2.05) is 18.2 Å². The Morgan fingerprint density at radius 3 is 2.32 bits per heavy atom. The molecule has 0 aromatic heterocycles. The van der Waals surface area contributed by atoms with E-state index < -0.39 is 0 Å². The molecule has 1 aliphatic rings. The Kier molecular flexibility index (Phi) is 5.69. The lowest BCUT2D eigenvalue weighted by Gasteiger charge is -2.30. The Balaban J connectivity index is 1.77. The molecule has 1 aromatic carbocycles. The van der Waals surface area contributed by atoms with E-state index in [-0.39, 0.29) is 36.4 Å². The van der Waals surface area contributed by atoms with Crippen LogP contribution in [0.5, 0.6) is 0 Å². The number of ketones is 1. The first kappa shape index (κ1) is 16.2. The molecule has 0 unspecified atom stereocenters. The topological polar surface area (TPSA) is 63.7 Å². The highest BCUT2D eigenvalue weighted by atomic mass is 16.5. The van der Waals surface area contributed by atoms with Gasteiger partial charge in [-0.1, -0.05) is 30.3 Å². The monoisotopic (exact) mass is 303 g/mol. The molecule has 1 amide bonds. The smallest absolute Gasteiger partial charge is 0.308 e. The number of benzene rings is 1. The third-order valence-electron chi connectivity index (χ3n) is 4.04. The van der Waals surface area contributed by atoms with Gasteiger partial charge in [-0.25, -0.2) is 0 Å². The van der Waals surface area contributed by atoms with E-state index in [0.29, 0.717) is 31.5 Å². The van der Waals surface area contributed by atoms with Crippen LogP contribution in [-0.2, 0) is 14.3 Å². The van der Waals surface area contributed by atoms with Crippen LogP contribution in [0.1, 0.15) is 36.0 Å². The number of esters is 1. The van der Waals surface area contributed by atoms with Crippen LogP contribution in [0.3, 0.4) is 0 Å². The lowest BCUT2D eigenvalue weighted by Crippen LogP contribution is -2.40. The summed E-state index contributed by atoms with van der Waals surface area (Å²) in [6.45, 7) is 1.11. The maximum atomic E-state index is 12.1. The lowest BCUT2D eigenvalue weighted by molar-refractivity contribution is -0.148. The van der Waals surface area contributed by atoms with Crippen LogP contribution in [0.2, 0.25) is 0 Å². The summed E-state index contributed by atoms with van der Waals surface area (Å²) in [5.74, 6) is -0.350. The van der Waals surface area contributed by atoms with Crippen LogP contribution < -0.4 is 0 Å². The average molecular weight is 303 g/mol. The van der Waals surface area contributed by atoms with Gasteiger partial charge in [0, 0.05) is 31.5 Å². The predicted octanol–water partition coefficient (Wildman–Crippen LogP) is 2.06. The van der Waals surface area contributed by atoms with Gasteiger partial charge in [0.1, 0.15) is 0 Å². The molecule has 1 saturated heterocycles. The molecule has 22 heavy (non-hydrogen) atoms. The normalized spacial score (nSPS) is 15.4. The molecule has 0 N–H and O–H groups in total. The fourth-order valence-corrected chi connectivity index (χ4v) is 2.68. The number of ether oxygens (including phenoxy) is 1. The molecule has 0 saturated carbocycles. The maximum absolute atomic E-state index is 12.1. The van der Waals surface area contributed by atoms with Gasteiger partial charge in [0.25, 0.3) is 0 Å². The molecule has 5 nitrogen and oxygen atoms in total. The molecule has 1 fully saturated rings. The van der Waals surface area contributed by atoms with Gasteiger partial charge in [-0.05, 0) is 12.8 Å². The molecule has 0 bridgehead atoms. The Labute approximate surface area is 130 Å². The highest BCUT2D eigenvalue weighted by molar-refractivity contribution is 5.97. The number of amides is 1. The summed E-state index contributed by atoms with van der Waals surface area (Å²) >= 11 is 0. The molecular formula is C17H21NO4. The third-order valence-corrected chi connectivity index (χ3v) is 4.04. The SMILES string of the molecule is COC(=O)C1CCN(C(=O)CCC(=O)c2ccccc2)CC1. The Hall–Kier alpha value is -2.17. The molecule has 5 heteroatoms. The van der Waals surface area contributed by atoms with Crippen LogP contribution in [0.25, 0.3) is 0 Å². The highest BCUT2D eigenvalue weighted by Crippen LogP contribution is 2.19. The van der Waals surface area contributed by atoms with E-state index in [4.69, 9.17) is 4.74 Å². The molecule has 0 spiro atoms. The van der Waals surface area contributed by atoms with Crippen molar-refractivity contribution in [3.8, 4) is 0 Å². The highest BCUT2D eigenvalue weighted by Gasteiger charge is 2.27. The van der Waals surface area contributed by atoms with Crippen LogP contribution in [0, 0.1) is 5.92 Å². The Morgan fingerprint density at radius 2 is 1.73 bits per heavy atom. The van der Waals surface area contributed by atoms with Gasteiger partial charge in [0.05, 0.1) is 13.0 Å². The van der Waals surface area contributed by atoms with Gasteiger partial charge < -0.3 is 9.64 Å². The summed E-state index contributed by atoms with van der Waals surface area (Å²) in [6.07, 6.45) is 1.70. The van der Waals surface area contributed by atoms with Crippen molar-refractivity contribution in [1.29, 1.82) is 0 Å².